The molecular weight excluding hydrogens is 274 g/mol. The van der Waals surface area contributed by atoms with Crippen LogP contribution in [0.25, 0.3) is 10.9 Å². The van der Waals surface area contributed by atoms with E-state index in [0.717, 1.165) is 23.1 Å². The molecule has 2 N–H and O–H groups in total. The number of fused-ring (bicyclic) bond motifs is 1. The van der Waals surface area contributed by atoms with E-state index in [0.29, 0.717) is 13.1 Å². The van der Waals surface area contributed by atoms with Crippen LogP contribution in [-0.2, 0) is 6.54 Å². The molecule has 2 aromatic carbocycles. The van der Waals surface area contributed by atoms with E-state index in [-0.39, 0.29) is 0 Å². The zero-order valence-corrected chi connectivity index (χ0v) is 12.7. The number of rotatable bonds is 6. The van der Waals surface area contributed by atoms with E-state index in [1.807, 2.05) is 48.0 Å². The van der Waals surface area contributed by atoms with Gasteiger partial charge in [0.2, 0.25) is 0 Å². The topological polar surface area (TPSA) is 50.1 Å². The second-order valence-electron chi connectivity index (χ2n) is 5.37. The first-order chi connectivity index (χ1) is 10.8. The molecule has 3 aromatic rings. The highest BCUT2D eigenvalue weighted by atomic mass is 16.3. The molecule has 0 aliphatic carbocycles. The molecule has 0 aliphatic rings. The molecule has 4 nitrogen and oxygen atoms in total. The summed E-state index contributed by atoms with van der Waals surface area (Å²) in [6.45, 7) is 4.08. The molecule has 1 heterocycles. The predicted octanol–water partition coefficient (Wildman–Crippen LogP) is 2.73. The fraction of sp³-hybridized carbons (Fsp3) is 0.278. The summed E-state index contributed by atoms with van der Waals surface area (Å²) in [5.74, 6) is 0. The number of aliphatic hydroxyl groups is 1. The van der Waals surface area contributed by atoms with Gasteiger partial charge in [-0.05, 0) is 18.2 Å². The molecular formula is C18H21N3O. The maximum Gasteiger partial charge on any atom is 0.111 e. The highest BCUT2D eigenvalue weighted by Gasteiger charge is 2.17. The second-order valence-corrected chi connectivity index (χ2v) is 5.37. The van der Waals surface area contributed by atoms with E-state index in [1.165, 1.54) is 5.56 Å². The summed E-state index contributed by atoms with van der Waals surface area (Å²) in [5.41, 5.74) is 2.99. The van der Waals surface area contributed by atoms with Gasteiger partial charge in [-0.15, -0.1) is 0 Å². The normalized spacial score (nSPS) is 12.6. The van der Waals surface area contributed by atoms with Crippen LogP contribution in [0.3, 0.4) is 0 Å². The monoisotopic (exact) mass is 295 g/mol. The molecule has 0 saturated carbocycles. The van der Waals surface area contributed by atoms with E-state index in [4.69, 9.17) is 0 Å². The van der Waals surface area contributed by atoms with Crippen LogP contribution >= 0.6 is 0 Å². The van der Waals surface area contributed by atoms with Crippen molar-refractivity contribution in [3.05, 3.63) is 65.9 Å². The third-order valence-corrected chi connectivity index (χ3v) is 3.77. The van der Waals surface area contributed by atoms with Gasteiger partial charge in [0.05, 0.1) is 12.1 Å². The third kappa shape index (κ3) is 3.03. The van der Waals surface area contributed by atoms with Crippen molar-refractivity contribution in [1.29, 1.82) is 0 Å². The summed E-state index contributed by atoms with van der Waals surface area (Å²) in [7, 11) is 0. The molecule has 3 rings (SSSR count). The van der Waals surface area contributed by atoms with Crippen molar-refractivity contribution in [2.45, 2.75) is 19.6 Å². The Morgan fingerprint density at radius 2 is 1.82 bits per heavy atom. The zero-order valence-electron chi connectivity index (χ0n) is 12.7. The Morgan fingerprint density at radius 1 is 1.09 bits per heavy atom. The van der Waals surface area contributed by atoms with E-state index >= 15 is 0 Å². The molecule has 0 fully saturated rings. The number of nitrogens with one attached hydrogen (secondary N) is 1. The molecule has 1 atom stereocenters. The van der Waals surface area contributed by atoms with Crippen molar-refractivity contribution in [3.63, 3.8) is 0 Å². The van der Waals surface area contributed by atoms with Gasteiger partial charge in [-0.25, -0.2) is 0 Å². The summed E-state index contributed by atoms with van der Waals surface area (Å²) >= 11 is 0. The van der Waals surface area contributed by atoms with Crippen molar-refractivity contribution < 1.29 is 5.11 Å². The lowest BCUT2D eigenvalue weighted by Gasteiger charge is -2.08. The molecule has 0 amide bonds. The van der Waals surface area contributed by atoms with Crippen LogP contribution in [0.1, 0.15) is 24.3 Å². The van der Waals surface area contributed by atoms with Gasteiger partial charge in [-0.3, -0.25) is 4.68 Å². The van der Waals surface area contributed by atoms with Crippen molar-refractivity contribution in [3.8, 4) is 0 Å². The zero-order chi connectivity index (χ0) is 15.4. The average molecular weight is 295 g/mol. The number of hydrogen-bond donors (Lipinski definition) is 2. The van der Waals surface area contributed by atoms with Crippen molar-refractivity contribution in [2.24, 2.45) is 0 Å². The number of nitrogens with zero attached hydrogens (tertiary/aromatic N) is 2. The summed E-state index contributed by atoms with van der Waals surface area (Å²) in [6, 6.07) is 18.3. The molecule has 0 saturated heterocycles. The molecule has 1 aromatic heterocycles. The van der Waals surface area contributed by atoms with Gasteiger partial charge < -0.3 is 10.4 Å². The van der Waals surface area contributed by atoms with Gasteiger partial charge in [0.15, 0.2) is 0 Å². The quantitative estimate of drug-likeness (QED) is 0.735. The number of likely N-dealkylation sites (N-methyl/N-ethyl adjacent to an activating group) is 1. The molecule has 0 radical (unpaired) electrons. The Kier molecular flexibility index (Phi) is 4.51. The van der Waals surface area contributed by atoms with Gasteiger partial charge >= 0.3 is 0 Å². The number of aromatic nitrogens is 2. The van der Waals surface area contributed by atoms with Crippen LogP contribution in [0.2, 0.25) is 0 Å². The van der Waals surface area contributed by atoms with Crippen LogP contribution in [0, 0.1) is 0 Å². The fourth-order valence-corrected chi connectivity index (χ4v) is 2.65. The highest BCUT2D eigenvalue weighted by Crippen LogP contribution is 2.24. The van der Waals surface area contributed by atoms with Crippen molar-refractivity contribution in [2.75, 3.05) is 13.1 Å². The van der Waals surface area contributed by atoms with Crippen LogP contribution in [-0.4, -0.2) is 28.0 Å². The summed E-state index contributed by atoms with van der Waals surface area (Å²) in [6.07, 6.45) is -0.595. The lowest BCUT2D eigenvalue weighted by atomic mass is 10.1. The van der Waals surface area contributed by atoms with Crippen molar-refractivity contribution >= 4 is 10.9 Å². The Bertz CT molecular complexity index is 736. The Morgan fingerprint density at radius 3 is 2.59 bits per heavy atom. The second kappa shape index (κ2) is 6.73. The van der Waals surface area contributed by atoms with E-state index in [2.05, 4.69) is 28.6 Å². The van der Waals surface area contributed by atoms with Crippen LogP contribution in [0.4, 0.5) is 0 Å². The summed E-state index contributed by atoms with van der Waals surface area (Å²) in [4.78, 5) is 0. The Hall–Kier alpha value is -2.17. The lowest BCUT2D eigenvalue weighted by molar-refractivity contribution is 0.171. The number of benzene rings is 2. The third-order valence-electron chi connectivity index (χ3n) is 3.77. The SMILES string of the molecule is CCNCC(O)c1nn(Cc2ccccc2)c2ccccc12. The molecule has 22 heavy (non-hydrogen) atoms. The molecule has 114 valence electrons. The van der Waals surface area contributed by atoms with Crippen LogP contribution in [0.5, 0.6) is 0 Å². The first-order valence-electron chi connectivity index (χ1n) is 7.67. The maximum absolute atomic E-state index is 10.4. The minimum atomic E-state index is -0.595. The van der Waals surface area contributed by atoms with Gasteiger partial charge in [0, 0.05) is 11.9 Å². The van der Waals surface area contributed by atoms with Gasteiger partial charge in [0.25, 0.3) is 0 Å². The smallest absolute Gasteiger partial charge is 0.111 e. The fourth-order valence-electron chi connectivity index (χ4n) is 2.65. The average Bonchev–Trinajstić information content (AvgIpc) is 2.93. The highest BCUT2D eigenvalue weighted by molar-refractivity contribution is 5.82. The maximum atomic E-state index is 10.4. The first-order valence-corrected chi connectivity index (χ1v) is 7.67. The summed E-state index contributed by atoms with van der Waals surface area (Å²) in [5, 5.41) is 19.2. The van der Waals surface area contributed by atoms with E-state index in [1.54, 1.807) is 0 Å². The molecule has 0 spiro atoms. The van der Waals surface area contributed by atoms with Gasteiger partial charge in [-0.1, -0.05) is 55.5 Å². The van der Waals surface area contributed by atoms with Crippen molar-refractivity contribution in [1.82, 2.24) is 15.1 Å². The lowest BCUT2D eigenvalue weighted by Crippen LogP contribution is -2.21. The molecule has 1 unspecified atom stereocenters. The van der Waals surface area contributed by atoms with Gasteiger partial charge in [-0.2, -0.15) is 5.10 Å². The number of aliphatic hydroxyl groups excluding tert-OH is 1. The standard InChI is InChI=1S/C18H21N3O/c1-2-19-12-17(22)18-15-10-6-7-11-16(15)21(20-18)13-14-8-4-3-5-9-14/h3-11,17,19,22H,2,12-13H2,1H3. The van der Waals surface area contributed by atoms with Crippen LogP contribution < -0.4 is 5.32 Å². The molecule has 0 aliphatic heterocycles. The predicted molar refractivity (Wildman–Crippen MR) is 88.8 cm³/mol. The Labute approximate surface area is 130 Å². The minimum Gasteiger partial charge on any atom is -0.385 e. The molecule has 0 bridgehead atoms. The Balaban J connectivity index is 1.97. The van der Waals surface area contributed by atoms with Crippen LogP contribution in [0.15, 0.2) is 54.6 Å². The van der Waals surface area contributed by atoms with Gasteiger partial charge in [0.1, 0.15) is 11.8 Å². The number of para-hydroxylation sites is 1. The number of hydrogen-bond acceptors (Lipinski definition) is 3. The largest absolute Gasteiger partial charge is 0.385 e. The van der Waals surface area contributed by atoms with E-state index < -0.39 is 6.10 Å². The minimum absolute atomic E-state index is 0.517. The molecule has 4 heteroatoms. The summed E-state index contributed by atoms with van der Waals surface area (Å²) < 4.78 is 1.97. The first kappa shape index (κ1) is 14.8. The van der Waals surface area contributed by atoms with E-state index in [9.17, 15) is 5.11 Å².